The van der Waals surface area contributed by atoms with Crippen LogP contribution in [0.2, 0.25) is 0 Å². The normalized spacial score (nSPS) is 13.0. The maximum Gasteiger partial charge on any atom is 0.114 e. The molecule has 1 N–H and O–H groups in total. The number of hydrogen-bond acceptors (Lipinski definition) is 2. The fourth-order valence-electron chi connectivity index (χ4n) is 1.90. The van der Waals surface area contributed by atoms with Crippen LogP contribution in [-0.4, -0.2) is 5.11 Å². The molecular weight excluding hydrogens is 308 g/mol. The summed E-state index contributed by atoms with van der Waals surface area (Å²) in [5.74, 6) is 0.520. The summed E-state index contributed by atoms with van der Waals surface area (Å²) in [5.41, 5.74) is 2.24. The van der Waals surface area contributed by atoms with Crippen molar-refractivity contribution < 1.29 is 5.11 Å². The molecule has 2 aromatic rings. The van der Waals surface area contributed by atoms with Crippen LogP contribution in [-0.2, 0) is 0 Å². The summed E-state index contributed by atoms with van der Waals surface area (Å²) in [6, 6.07) is 10.3. The van der Waals surface area contributed by atoms with E-state index in [-0.39, 0.29) is 0 Å². The van der Waals surface area contributed by atoms with E-state index in [1.165, 1.54) is 10.4 Å². The van der Waals surface area contributed by atoms with Crippen LogP contribution in [0.25, 0.3) is 0 Å². The zero-order valence-corrected chi connectivity index (χ0v) is 13.2. The summed E-state index contributed by atoms with van der Waals surface area (Å²) < 4.78 is 0.991. The lowest BCUT2D eigenvalue weighted by atomic mass is 9.99. The third-order valence-corrected chi connectivity index (χ3v) is 5.02. The quantitative estimate of drug-likeness (QED) is 0.840. The number of hydrogen-bond donors (Lipinski definition) is 1. The summed E-state index contributed by atoms with van der Waals surface area (Å²) in [5, 5.41) is 10.4. The standard InChI is InChI=1S/C15H17BrOS/c1-9(2)11-4-6-12(7-5-11)14(17)15-13(16)8-10(3)18-15/h4-9,14,17H,1-3H3. The molecule has 2 rings (SSSR count). The molecule has 0 saturated heterocycles. The minimum absolute atomic E-state index is 0.520. The van der Waals surface area contributed by atoms with Crippen LogP contribution in [0.3, 0.4) is 0 Å². The molecule has 3 heteroatoms. The van der Waals surface area contributed by atoms with E-state index in [1.54, 1.807) is 11.3 Å². The Morgan fingerprint density at radius 2 is 1.67 bits per heavy atom. The van der Waals surface area contributed by atoms with Crippen molar-refractivity contribution in [3.8, 4) is 0 Å². The van der Waals surface area contributed by atoms with Gasteiger partial charge in [-0.25, -0.2) is 0 Å². The van der Waals surface area contributed by atoms with Crippen molar-refractivity contribution in [2.24, 2.45) is 0 Å². The fourth-order valence-corrected chi connectivity index (χ4v) is 3.78. The third kappa shape index (κ3) is 2.85. The SMILES string of the molecule is Cc1cc(Br)c(C(O)c2ccc(C(C)C)cc2)s1. The summed E-state index contributed by atoms with van der Waals surface area (Å²) in [4.78, 5) is 2.18. The van der Waals surface area contributed by atoms with Gasteiger partial charge in [-0.1, -0.05) is 38.1 Å². The molecule has 0 saturated carbocycles. The highest BCUT2D eigenvalue weighted by molar-refractivity contribution is 9.10. The van der Waals surface area contributed by atoms with Gasteiger partial charge in [0, 0.05) is 9.35 Å². The summed E-state index contributed by atoms with van der Waals surface area (Å²) in [6.07, 6.45) is -0.542. The molecule has 18 heavy (non-hydrogen) atoms. The Morgan fingerprint density at radius 1 is 1.11 bits per heavy atom. The van der Waals surface area contributed by atoms with Crippen LogP contribution in [0.15, 0.2) is 34.8 Å². The second-order valence-electron chi connectivity index (χ2n) is 4.79. The van der Waals surface area contributed by atoms with Gasteiger partial charge in [0.1, 0.15) is 6.10 Å². The number of aliphatic hydroxyl groups is 1. The minimum atomic E-state index is -0.542. The first-order chi connectivity index (χ1) is 8.49. The van der Waals surface area contributed by atoms with Crippen LogP contribution in [0.5, 0.6) is 0 Å². The first kappa shape index (κ1) is 13.8. The van der Waals surface area contributed by atoms with Crippen LogP contribution < -0.4 is 0 Å². The number of thiophene rings is 1. The molecule has 0 aliphatic heterocycles. The number of aryl methyl sites for hydroxylation is 1. The minimum Gasteiger partial charge on any atom is -0.383 e. The van der Waals surface area contributed by atoms with Crippen molar-refractivity contribution in [2.75, 3.05) is 0 Å². The Balaban J connectivity index is 2.28. The number of benzene rings is 1. The van der Waals surface area contributed by atoms with Gasteiger partial charge < -0.3 is 5.11 Å². The smallest absolute Gasteiger partial charge is 0.114 e. The highest BCUT2D eigenvalue weighted by Crippen LogP contribution is 2.35. The van der Waals surface area contributed by atoms with E-state index >= 15 is 0 Å². The lowest BCUT2D eigenvalue weighted by Crippen LogP contribution is -1.98. The predicted molar refractivity (Wildman–Crippen MR) is 81.3 cm³/mol. The molecule has 0 radical (unpaired) electrons. The highest BCUT2D eigenvalue weighted by atomic mass is 79.9. The molecule has 1 unspecified atom stereocenters. The Kier molecular flexibility index (Phi) is 4.25. The van der Waals surface area contributed by atoms with Crippen LogP contribution in [0.1, 0.15) is 46.8 Å². The number of rotatable bonds is 3. The molecule has 1 atom stereocenters. The van der Waals surface area contributed by atoms with Crippen molar-refractivity contribution in [2.45, 2.75) is 32.8 Å². The molecule has 0 amide bonds. The van der Waals surface area contributed by atoms with Gasteiger partial charge in [-0.2, -0.15) is 0 Å². The molecule has 0 aliphatic carbocycles. The average Bonchev–Trinajstić information content (AvgIpc) is 2.67. The molecule has 1 aromatic carbocycles. The zero-order valence-electron chi connectivity index (χ0n) is 10.8. The van der Waals surface area contributed by atoms with Gasteiger partial charge in [-0.15, -0.1) is 11.3 Å². The fraction of sp³-hybridized carbons (Fsp3) is 0.333. The van der Waals surface area contributed by atoms with E-state index in [2.05, 4.69) is 41.9 Å². The maximum atomic E-state index is 10.4. The largest absolute Gasteiger partial charge is 0.383 e. The monoisotopic (exact) mass is 324 g/mol. The van der Waals surface area contributed by atoms with Gasteiger partial charge in [-0.05, 0) is 46.0 Å². The van der Waals surface area contributed by atoms with E-state index in [9.17, 15) is 5.11 Å². The first-order valence-electron chi connectivity index (χ1n) is 6.02. The predicted octanol–water partition coefficient (Wildman–Crippen LogP) is 5.02. The Labute approximate surface area is 121 Å². The van der Waals surface area contributed by atoms with Crippen molar-refractivity contribution in [1.82, 2.24) is 0 Å². The molecule has 0 fully saturated rings. The molecule has 0 spiro atoms. The van der Waals surface area contributed by atoms with Gasteiger partial charge in [0.2, 0.25) is 0 Å². The van der Waals surface area contributed by atoms with Gasteiger partial charge in [0.15, 0.2) is 0 Å². The Hall–Kier alpha value is -0.640. The van der Waals surface area contributed by atoms with Gasteiger partial charge >= 0.3 is 0 Å². The zero-order chi connectivity index (χ0) is 13.3. The molecule has 1 aromatic heterocycles. The van der Waals surface area contributed by atoms with E-state index in [4.69, 9.17) is 0 Å². The molecule has 0 aliphatic rings. The molecular formula is C15H17BrOS. The van der Waals surface area contributed by atoms with Crippen LogP contribution >= 0.6 is 27.3 Å². The summed E-state index contributed by atoms with van der Waals surface area (Å²) in [6.45, 7) is 6.39. The van der Waals surface area contributed by atoms with Gasteiger partial charge in [0.25, 0.3) is 0 Å². The number of aliphatic hydroxyl groups excluding tert-OH is 1. The van der Waals surface area contributed by atoms with Gasteiger partial charge in [0.05, 0.1) is 4.88 Å². The van der Waals surface area contributed by atoms with Crippen molar-refractivity contribution in [1.29, 1.82) is 0 Å². The second kappa shape index (κ2) is 5.55. The summed E-state index contributed by atoms with van der Waals surface area (Å²) in [7, 11) is 0. The Bertz CT molecular complexity index is 528. The molecule has 1 heterocycles. The highest BCUT2D eigenvalue weighted by Gasteiger charge is 2.16. The lowest BCUT2D eigenvalue weighted by molar-refractivity contribution is 0.223. The van der Waals surface area contributed by atoms with Crippen LogP contribution in [0.4, 0.5) is 0 Å². The maximum absolute atomic E-state index is 10.4. The summed E-state index contributed by atoms with van der Waals surface area (Å²) >= 11 is 5.13. The van der Waals surface area contributed by atoms with Crippen LogP contribution in [0, 0.1) is 6.92 Å². The first-order valence-corrected chi connectivity index (χ1v) is 7.63. The third-order valence-electron chi connectivity index (χ3n) is 3.00. The number of halogens is 1. The molecule has 96 valence electrons. The van der Waals surface area contributed by atoms with Crippen molar-refractivity contribution in [3.05, 3.63) is 55.7 Å². The Morgan fingerprint density at radius 3 is 2.11 bits per heavy atom. The van der Waals surface area contributed by atoms with E-state index < -0.39 is 6.10 Å². The second-order valence-corrected chi connectivity index (χ2v) is 6.94. The van der Waals surface area contributed by atoms with Crippen molar-refractivity contribution in [3.63, 3.8) is 0 Å². The van der Waals surface area contributed by atoms with E-state index in [0.717, 1.165) is 14.9 Å². The molecule has 0 bridgehead atoms. The topological polar surface area (TPSA) is 20.2 Å². The molecule has 1 nitrogen and oxygen atoms in total. The van der Waals surface area contributed by atoms with E-state index in [0.29, 0.717) is 5.92 Å². The van der Waals surface area contributed by atoms with Crippen molar-refractivity contribution >= 4 is 27.3 Å². The van der Waals surface area contributed by atoms with Gasteiger partial charge in [-0.3, -0.25) is 0 Å². The van der Waals surface area contributed by atoms with E-state index in [1.807, 2.05) is 25.1 Å². The average molecular weight is 325 g/mol. The lowest BCUT2D eigenvalue weighted by Gasteiger charge is -2.12.